The van der Waals surface area contributed by atoms with Crippen LogP contribution in [0.5, 0.6) is 0 Å². The van der Waals surface area contributed by atoms with Gasteiger partial charge in [0.1, 0.15) is 11.6 Å². The average molecular weight is 317 g/mol. The van der Waals surface area contributed by atoms with Gasteiger partial charge in [-0.3, -0.25) is 9.89 Å². The van der Waals surface area contributed by atoms with Gasteiger partial charge in [-0.15, -0.1) is 11.3 Å². The van der Waals surface area contributed by atoms with Crippen molar-refractivity contribution in [2.75, 3.05) is 0 Å². The van der Waals surface area contributed by atoms with Crippen LogP contribution in [0.3, 0.4) is 0 Å². The van der Waals surface area contributed by atoms with Gasteiger partial charge >= 0.3 is 0 Å². The number of rotatable bonds is 5. The number of carbonyl (C=O) groups excluding carboxylic acids is 1. The predicted molar refractivity (Wildman–Crippen MR) is 81.2 cm³/mol. The Kier molecular flexibility index (Phi) is 4.01. The molecule has 0 atom stereocenters. The number of thiophene rings is 1. The number of nitrogens with zero attached hydrogens (tertiary/aromatic N) is 3. The maximum absolute atomic E-state index is 12.0. The van der Waals surface area contributed by atoms with E-state index in [1.807, 2.05) is 31.4 Å². The maximum atomic E-state index is 12.0. The number of aromatic nitrogens is 4. The molecule has 0 spiro atoms. The van der Waals surface area contributed by atoms with Crippen LogP contribution in [0, 0.1) is 13.8 Å². The molecule has 3 heterocycles. The van der Waals surface area contributed by atoms with Gasteiger partial charge in [0.2, 0.25) is 11.8 Å². The first-order valence-corrected chi connectivity index (χ1v) is 7.64. The molecule has 0 bridgehead atoms. The van der Waals surface area contributed by atoms with Gasteiger partial charge < -0.3 is 9.73 Å². The van der Waals surface area contributed by atoms with Gasteiger partial charge in [0.15, 0.2) is 5.82 Å². The van der Waals surface area contributed by atoms with Crippen LogP contribution in [0.1, 0.15) is 23.1 Å². The minimum atomic E-state index is -0.142. The highest BCUT2D eigenvalue weighted by Crippen LogP contribution is 2.25. The fraction of sp³-hybridized carbons (Fsp3) is 0.286. The Hall–Kier alpha value is -2.48. The standard InChI is InChI=1S/C14H15N5O2S/c1-8-10(17-14(21-8)11-4-3-5-22-11)6-13(20)15-7-12-16-9(2)18-19-12/h3-5H,6-7H2,1-2H3,(H,15,20)(H,16,18,19). The average Bonchev–Trinajstić information content (AvgIpc) is 3.19. The lowest BCUT2D eigenvalue weighted by atomic mass is 10.2. The van der Waals surface area contributed by atoms with Crippen molar-refractivity contribution in [2.24, 2.45) is 0 Å². The lowest BCUT2D eigenvalue weighted by Gasteiger charge is -2.00. The topological polar surface area (TPSA) is 96.7 Å². The first-order valence-electron chi connectivity index (χ1n) is 6.76. The molecule has 0 unspecified atom stereocenters. The summed E-state index contributed by atoms with van der Waals surface area (Å²) in [6, 6.07) is 3.87. The molecule has 3 aromatic heterocycles. The van der Waals surface area contributed by atoms with E-state index in [4.69, 9.17) is 4.42 Å². The Bertz CT molecular complexity index is 775. The minimum Gasteiger partial charge on any atom is -0.440 e. The van der Waals surface area contributed by atoms with E-state index in [1.165, 1.54) is 0 Å². The van der Waals surface area contributed by atoms with Crippen LogP contribution in [0.2, 0.25) is 0 Å². The monoisotopic (exact) mass is 317 g/mol. The Morgan fingerprint density at radius 3 is 2.95 bits per heavy atom. The number of carbonyl (C=O) groups is 1. The number of aromatic amines is 1. The second-order valence-electron chi connectivity index (χ2n) is 4.79. The van der Waals surface area contributed by atoms with Crippen LogP contribution >= 0.6 is 11.3 Å². The molecule has 8 heteroatoms. The van der Waals surface area contributed by atoms with Crippen molar-refractivity contribution in [3.8, 4) is 10.8 Å². The third-order valence-electron chi connectivity index (χ3n) is 3.04. The number of hydrogen-bond donors (Lipinski definition) is 2. The lowest BCUT2D eigenvalue weighted by Crippen LogP contribution is -2.25. The smallest absolute Gasteiger partial charge is 0.236 e. The molecule has 7 nitrogen and oxygen atoms in total. The fourth-order valence-electron chi connectivity index (χ4n) is 1.96. The number of aryl methyl sites for hydroxylation is 2. The molecule has 0 radical (unpaired) electrons. The van der Waals surface area contributed by atoms with Crippen molar-refractivity contribution in [1.82, 2.24) is 25.5 Å². The van der Waals surface area contributed by atoms with Crippen LogP contribution in [0.15, 0.2) is 21.9 Å². The van der Waals surface area contributed by atoms with Crippen LogP contribution < -0.4 is 5.32 Å². The highest BCUT2D eigenvalue weighted by molar-refractivity contribution is 7.13. The normalized spacial score (nSPS) is 10.8. The SMILES string of the molecule is Cc1nc(CNC(=O)Cc2nc(-c3cccs3)oc2C)n[nH]1. The molecule has 2 N–H and O–H groups in total. The van der Waals surface area contributed by atoms with E-state index < -0.39 is 0 Å². The molecule has 22 heavy (non-hydrogen) atoms. The third-order valence-corrected chi connectivity index (χ3v) is 3.90. The molecule has 0 aliphatic heterocycles. The largest absolute Gasteiger partial charge is 0.440 e. The molecule has 3 aromatic rings. The molecule has 0 fully saturated rings. The summed E-state index contributed by atoms with van der Waals surface area (Å²) in [7, 11) is 0. The third kappa shape index (κ3) is 3.22. The Labute approximate surface area is 130 Å². The Balaban J connectivity index is 1.61. The van der Waals surface area contributed by atoms with E-state index >= 15 is 0 Å². The predicted octanol–water partition coefficient (Wildman–Crippen LogP) is 2.00. The van der Waals surface area contributed by atoms with Crippen molar-refractivity contribution < 1.29 is 9.21 Å². The summed E-state index contributed by atoms with van der Waals surface area (Å²) in [5, 5.41) is 11.4. The Morgan fingerprint density at radius 2 is 2.27 bits per heavy atom. The summed E-state index contributed by atoms with van der Waals surface area (Å²) >= 11 is 1.55. The summed E-state index contributed by atoms with van der Waals surface area (Å²) in [5.41, 5.74) is 0.645. The zero-order valence-electron chi connectivity index (χ0n) is 12.2. The van der Waals surface area contributed by atoms with Crippen molar-refractivity contribution in [2.45, 2.75) is 26.8 Å². The molecule has 0 aliphatic rings. The van der Waals surface area contributed by atoms with E-state index in [0.717, 1.165) is 10.7 Å². The summed E-state index contributed by atoms with van der Waals surface area (Å²) < 4.78 is 5.62. The number of oxazole rings is 1. The quantitative estimate of drug-likeness (QED) is 0.750. The highest BCUT2D eigenvalue weighted by Gasteiger charge is 2.15. The van der Waals surface area contributed by atoms with Crippen LogP contribution in [0.25, 0.3) is 10.8 Å². The van der Waals surface area contributed by atoms with E-state index in [-0.39, 0.29) is 18.9 Å². The molecular formula is C14H15N5O2S. The van der Waals surface area contributed by atoms with Crippen molar-refractivity contribution in [3.63, 3.8) is 0 Å². The number of hydrogen-bond acceptors (Lipinski definition) is 6. The van der Waals surface area contributed by atoms with Crippen LogP contribution in [0.4, 0.5) is 0 Å². The van der Waals surface area contributed by atoms with Crippen molar-refractivity contribution >= 4 is 17.2 Å². The fourth-order valence-corrected chi connectivity index (χ4v) is 2.61. The number of H-pyrrole nitrogens is 1. The summed E-state index contributed by atoms with van der Waals surface area (Å²) in [6.07, 6.45) is 0.171. The first kappa shape index (κ1) is 14.5. The highest BCUT2D eigenvalue weighted by atomic mass is 32.1. The molecule has 114 valence electrons. The second kappa shape index (κ2) is 6.10. The van der Waals surface area contributed by atoms with E-state index in [9.17, 15) is 4.79 Å². The molecule has 0 saturated heterocycles. The molecule has 0 aliphatic carbocycles. The van der Waals surface area contributed by atoms with Gasteiger partial charge in [-0.2, -0.15) is 5.10 Å². The zero-order chi connectivity index (χ0) is 15.5. The van der Waals surface area contributed by atoms with E-state index in [0.29, 0.717) is 23.2 Å². The maximum Gasteiger partial charge on any atom is 0.236 e. The molecule has 1 amide bonds. The van der Waals surface area contributed by atoms with Gasteiger partial charge in [-0.05, 0) is 25.3 Å². The van der Waals surface area contributed by atoms with Gasteiger partial charge in [-0.1, -0.05) is 6.07 Å². The zero-order valence-corrected chi connectivity index (χ0v) is 13.0. The Morgan fingerprint density at radius 1 is 1.41 bits per heavy atom. The van der Waals surface area contributed by atoms with Gasteiger partial charge in [0.25, 0.3) is 0 Å². The van der Waals surface area contributed by atoms with Gasteiger partial charge in [0.05, 0.1) is 23.5 Å². The minimum absolute atomic E-state index is 0.142. The molecular weight excluding hydrogens is 302 g/mol. The summed E-state index contributed by atoms with van der Waals surface area (Å²) in [5.74, 6) is 2.35. The first-order chi connectivity index (χ1) is 10.6. The lowest BCUT2D eigenvalue weighted by molar-refractivity contribution is -0.120. The van der Waals surface area contributed by atoms with E-state index in [2.05, 4.69) is 25.5 Å². The summed E-state index contributed by atoms with van der Waals surface area (Å²) in [6.45, 7) is 3.91. The van der Waals surface area contributed by atoms with Gasteiger partial charge in [-0.25, -0.2) is 9.97 Å². The summed E-state index contributed by atoms with van der Waals surface area (Å²) in [4.78, 5) is 21.5. The molecule has 0 aromatic carbocycles. The van der Waals surface area contributed by atoms with Crippen molar-refractivity contribution in [1.29, 1.82) is 0 Å². The molecule has 0 saturated carbocycles. The molecule has 3 rings (SSSR count). The second-order valence-corrected chi connectivity index (χ2v) is 5.74. The number of amides is 1. The van der Waals surface area contributed by atoms with Crippen LogP contribution in [-0.4, -0.2) is 26.1 Å². The van der Waals surface area contributed by atoms with Crippen molar-refractivity contribution in [3.05, 3.63) is 40.6 Å². The van der Waals surface area contributed by atoms with Gasteiger partial charge in [0, 0.05) is 0 Å². The van der Waals surface area contributed by atoms with Crippen LogP contribution in [-0.2, 0) is 17.8 Å². The number of nitrogens with one attached hydrogen (secondary N) is 2. The van der Waals surface area contributed by atoms with E-state index in [1.54, 1.807) is 11.3 Å².